The molecule has 1 fully saturated rings. The van der Waals surface area contributed by atoms with Crippen LogP contribution in [-0.2, 0) is 34.9 Å². The normalized spacial score (nSPS) is 13.0. The topological polar surface area (TPSA) is 115 Å². The Balaban J connectivity index is 0.000000423. The number of benzene rings is 2. The van der Waals surface area contributed by atoms with Gasteiger partial charge in [0.1, 0.15) is 5.75 Å². The zero-order valence-electron chi connectivity index (χ0n) is 21.9. The van der Waals surface area contributed by atoms with E-state index in [-0.39, 0.29) is 35.3 Å². The number of phenols is 1. The van der Waals surface area contributed by atoms with Gasteiger partial charge in [0.15, 0.2) is 11.6 Å². The van der Waals surface area contributed by atoms with Crippen LogP contribution >= 0.6 is 0 Å². The van der Waals surface area contributed by atoms with Crippen molar-refractivity contribution in [3.05, 3.63) is 53.8 Å². The van der Waals surface area contributed by atoms with Gasteiger partial charge in [0, 0.05) is 53.5 Å². The number of halogens is 1. The van der Waals surface area contributed by atoms with E-state index in [1.165, 1.54) is 12.1 Å². The summed E-state index contributed by atoms with van der Waals surface area (Å²) >= 11 is 0. The maximum atomic E-state index is 13.4. The molecule has 10 nitrogen and oxygen atoms in total. The Morgan fingerprint density at radius 3 is 1.95 bits per heavy atom. The molecule has 1 aliphatic heterocycles. The molecule has 0 atom stereocenters. The van der Waals surface area contributed by atoms with Crippen LogP contribution in [-0.4, -0.2) is 68.5 Å². The summed E-state index contributed by atoms with van der Waals surface area (Å²) in [5, 5.41) is 9.25. The van der Waals surface area contributed by atoms with Gasteiger partial charge in [-0.25, -0.2) is 4.39 Å². The SMILES string of the molecule is CC(=O)O[BH-](OC(C)=O)OC(C)=O.COc1ccccc1N1CCN(Cc2ccc(O)c(F)c2)CC1.[Na+]. The largest absolute Gasteiger partial charge is 1.00 e. The molecule has 0 unspecified atom stereocenters. The molecule has 1 heterocycles. The van der Waals surface area contributed by atoms with E-state index in [0.717, 1.165) is 64.0 Å². The maximum absolute atomic E-state index is 13.4. The van der Waals surface area contributed by atoms with E-state index in [2.05, 4.69) is 29.8 Å². The van der Waals surface area contributed by atoms with Gasteiger partial charge in [0.25, 0.3) is 17.9 Å². The number of carbonyl (C=O) groups is 3. The maximum Gasteiger partial charge on any atom is 1.00 e. The molecule has 37 heavy (non-hydrogen) atoms. The Morgan fingerprint density at radius 1 is 0.919 bits per heavy atom. The van der Waals surface area contributed by atoms with Gasteiger partial charge in [0.2, 0.25) is 0 Å². The van der Waals surface area contributed by atoms with E-state index in [0.29, 0.717) is 6.54 Å². The molecule has 196 valence electrons. The summed E-state index contributed by atoms with van der Waals surface area (Å²) in [7, 11) is -0.721. The van der Waals surface area contributed by atoms with Gasteiger partial charge in [-0.05, 0) is 29.8 Å². The molecule has 2 aromatic carbocycles. The van der Waals surface area contributed by atoms with Crippen LogP contribution in [0.25, 0.3) is 0 Å². The molecule has 0 aliphatic carbocycles. The van der Waals surface area contributed by atoms with E-state index in [4.69, 9.17) is 4.74 Å². The van der Waals surface area contributed by atoms with Crippen molar-refractivity contribution in [2.24, 2.45) is 0 Å². The third-order valence-corrected chi connectivity index (χ3v) is 5.18. The van der Waals surface area contributed by atoms with Gasteiger partial charge in [-0.1, -0.05) is 18.2 Å². The van der Waals surface area contributed by atoms with Crippen molar-refractivity contribution in [2.45, 2.75) is 27.3 Å². The molecular formula is C24H31BFN2NaO8. The number of aromatic hydroxyl groups is 1. The summed E-state index contributed by atoms with van der Waals surface area (Å²) in [6, 6.07) is 12.6. The number of rotatable bonds is 7. The first kappa shape index (κ1) is 32.2. The van der Waals surface area contributed by atoms with Crippen molar-refractivity contribution in [1.82, 2.24) is 4.90 Å². The first-order valence-corrected chi connectivity index (χ1v) is 11.3. The van der Waals surface area contributed by atoms with Crippen molar-refractivity contribution in [1.29, 1.82) is 0 Å². The molecule has 2 aromatic rings. The van der Waals surface area contributed by atoms with Crippen LogP contribution in [0.5, 0.6) is 11.5 Å². The molecule has 1 aliphatic rings. The minimum atomic E-state index is -2.41. The van der Waals surface area contributed by atoms with Crippen molar-refractivity contribution >= 4 is 30.9 Å². The number of anilines is 1. The molecule has 0 aromatic heterocycles. The second-order valence-electron chi connectivity index (χ2n) is 7.98. The van der Waals surface area contributed by atoms with E-state index < -0.39 is 31.0 Å². The van der Waals surface area contributed by atoms with Crippen molar-refractivity contribution < 1.29 is 72.1 Å². The molecule has 0 radical (unpaired) electrons. The van der Waals surface area contributed by atoms with E-state index >= 15 is 0 Å². The third-order valence-electron chi connectivity index (χ3n) is 5.18. The summed E-state index contributed by atoms with van der Waals surface area (Å²) < 4.78 is 32.1. The predicted molar refractivity (Wildman–Crippen MR) is 131 cm³/mol. The predicted octanol–water partition coefficient (Wildman–Crippen LogP) is -0.741. The van der Waals surface area contributed by atoms with Crippen molar-refractivity contribution in [3.8, 4) is 11.5 Å². The Labute approximate surface area is 238 Å². The summed E-state index contributed by atoms with van der Waals surface area (Å²) in [4.78, 5) is 35.9. The Kier molecular flexibility index (Phi) is 14.1. The molecule has 0 amide bonds. The summed E-state index contributed by atoms with van der Waals surface area (Å²) in [6.45, 7) is 7.66. The fourth-order valence-corrected chi connectivity index (χ4v) is 3.53. The summed E-state index contributed by atoms with van der Waals surface area (Å²) in [5.74, 6) is -2.00. The fourth-order valence-electron chi connectivity index (χ4n) is 3.53. The average molecular weight is 528 g/mol. The van der Waals surface area contributed by atoms with E-state index in [9.17, 15) is 23.9 Å². The second-order valence-corrected chi connectivity index (χ2v) is 7.98. The molecule has 1 N–H and O–H groups in total. The smallest absolute Gasteiger partial charge is 0.625 e. The minimum Gasteiger partial charge on any atom is -0.625 e. The number of methoxy groups -OCH3 is 1. The molecule has 0 spiro atoms. The van der Waals surface area contributed by atoms with Gasteiger partial charge in [-0.2, -0.15) is 0 Å². The van der Waals surface area contributed by atoms with Crippen LogP contribution < -0.4 is 39.2 Å². The first-order valence-electron chi connectivity index (χ1n) is 11.3. The number of para-hydroxylation sites is 2. The minimum absolute atomic E-state index is 0. The fraction of sp³-hybridized carbons (Fsp3) is 0.375. The quantitative estimate of drug-likeness (QED) is 0.461. The number of carbonyl (C=O) groups excluding carboxylic acids is 3. The van der Waals surface area contributed by atoms with Crippen LogP contribution in [0.4, 0.5) is 10.1 Å². The van der Waals surface area contributed by atoms with Gasteiger partial charge in [-0.15, -0.1) is 0 Å². The monoisotopic (exact) mass is 528 g/mol. The molecule has 1 saturated heterocycles. The van der Waals surface area contributed by atoms with Crippen LogP contribution in [0.2, 0.25) is 0 Å². The van der Waals surface area contributed by atoms with Gasteiger partial charge in [-0.3, -0.25) is 19.3 Å². The van der Waals surface area contributed by atoms with Crippen LogP contribution in [0.15, 0.2) is 42.5 Å². The standard InChI is InChI=1S/C18H21FN2O2.C6H10BO6.Na/c1-23-18-5-3-2-4-16(18)21-10-8-20(9-11-21)13-14-6-7-17(22)15(19)12-14;1-4(8)11-7(12-5(2)9)13-6(3)10;/h2-7,12,22H,8-11,13H2,1H3;7H,1-3H3;/q;-1;+1. The number of nitrogens with zero attached hydrogens (tertiary/aromatic N) is 2. The molecule has 0 bridgehead atoms. The van der Waals surface area contributed by atoms with Gasteiger partial charge < -0.3 is 28.7 Å². The zero-order valence-corrected chi connectivity index (χ0v) is 23.9. The van der Waals surface area contributed by atoms with Gasteiger partial charge >= 0.3 is 36.9 Å². The van der Waals surface area contributed by atoms with Gasteiger partial charge in [0.05, 0.1) is 12.8 Å². The Bertz CT molecular complexity index is 1020. The van der Waals surface area contributed by atoms with Crippen LogP contribution in [0.1, 0.15) is 26.3 Å². The van der Waals surface area contributed by atoms with Crippen LogP contribution in [0, 0.1) is 5.82 Å². The first-order chi connectivity index (χ1) is 17.1. The number of ether oxygens (including phenoxy) is 1. The Morgan fingerprint density at radius 2 is 1.46 bits per heavy atom. The van der Waals surface area contributed by atoms with Crippen LogP contribution in [0.3, 0.4) is 0 Å². The molecule has 13 heteroatoms. The number of phenolic OH excluding ortho intramolecular Hbond substituents is 1. The van der Waals surface area contributed by atoms with E-state index in [1.807, 2.05) is 18.2 Å². The number of hydrogen-bond donors (Lipinski definition) is 1. The number of hydrogen-bond acceptors (Lipinski definition) is 10. The van der Waals surface area contributed by atoms with E-state index in [1.54, 1.807) is 13.2 Å². The van der Waals surface area contributed by atoms with Crippen molar-refractivity contribution in [3.63, 3.8) is 0 Å². The summed E-state index contributed by atoms with van der Waals surface area (Å²) in [5.41, 5.74) is 2.00. The molecule has 3 rings (SSSR count). The zero-order chi connectivity index (χ0) is 26.7. The third kappa shape index (κ3) is 11.4. The number of piperazine rings is 1. The van der Waals surface area contributed by atoms with Crippen molar-refractivity contribution in [2.75, 3.05) is 38.2 Å². The average Bonchev–Trinajstić information content (AvgIpc) is 2.81. The summed E-state index contributed by atoms with van der Waals surface area (Å²) in [6.07, 6.45) is 0. The Hall–Kier alpha value is -2.80. The molecular weight excluding hydrogens is 497 g/mol. The molecule has 0 saturated carbocycles. The second kappa shape index (κ2) is 16.1.